The molecule has 7 nitrogen and oxygen atoms in total. The fourth-order valence-electron chi connectivity index (χ4n) is 2.74. The van der Waals surface area contributed by atoms with Gasteiger partial charge in [-0.3, -0.25) is 4.79 Å². The van der Waals surface area contributed by atoms with E-state index < -0.39 is 30.1 Å². The molecule has 0 bridgehead atoms. The van der Waals surface area contributed by atoms with Crippen LogP contribution in [0.1, 0.15) is 23.5 Å². The van der Waals surface area contributed by atoms with Crippen molar-refractivity contribution in [2.24, 2.45) is 22.4 Å². The number of benzene rings is 2. The van der Waals surface area contributed by atoms with Crippen molar-refractivity contribution >= 4 is 29.2 Å². The number of hydrogen-bond donors (Lipinski definition) is 4. The van der Waals surface area contributed by atoms with E-state index >= 15 is 4.39 Å². The van der Waals surface area contributed by atoms with E-state index in [-0.39, 0.29) is 40.8 Å². The number of carbonyl (C=O) groups excluding carboxylic acids is 1. The molecule has 0 radical (unpaired) electrons. The van der Waals surface area contributed by atoms with Crippen LogP contribution < -0.4 is 22.5 Å². The third kappa shape index (κ3) is 5.93. The summed E-state index contributed by atoms with van der Waals surface area (Å²) in [6.07, 6.45) is -0.0909. The molecule has 0 aliphatic rings. The average molecular weight is 444 g/mol. The molecule has 11 heteroatoms. The number of carbonyl (C=O) groups is 1. The van der Waals surface area contributed by atoms with Crippen molar-refractivity contribution < 1.29 is 22.8 Å². The molecule has 2 rings (SSSR count). The van der Waals surface area contributed by atoms with Crippen molar-refractivity contribution in [1.82, 2.24) is 0 Å². The highest BCUT2D eigenvalue weighted by Crippen LogP contribution is 2.35. The molecule has 0 fully saturated rings. The summed E-state index contributed by atoms with van der Waals surface area (Å²) in [5.74, 6) is -6.62. The summed E-state index contributed by atoms with van der Waals surface area (Å²) in [5.41, 5.74) is 14.9. The Hall–Kier alpha value is -3.14. The van der Waals surface area contributed by atoms with E-state index in [0.29, 0.717) is 0 Å². The lowest BCUT2D eigenvalue weighted by molar-refractivity contribution is -0.120. The number of nitrogens with zero attached hydrogens (tertiary/aromatic N) is 1. The minimum Gasteiger partial charge on any atom is -0.393 e. The highest BCUT2D eigenvalue weighted by atomic mass is 35.5. The first-order valence-corrected chi connectivity index (χ1v) is 9.16. The van der Waals surface area contributed by atoms with E-state index in [9.17, 15) is 13.6 Å². The molecule has 30 heavy (non-hydrogen) atoms. The predicted octanol–water partition coefficient (Wildman–Crippen LogP) is 2.85. The van der Waals surface area contributed by atoms with Gasteiger partial charge in [-0.1, -0.05) is 41.9 Å². The minimum atomic E-state index is -3.26. The maximum atomic E-state index is 15.1. The Bertz CT molecular complexity index is 909. The number of anilines is 1. The molecular formula is C19H21ClF3N5O2. The highest BCUT2D eigenvalue weighted by molar-refractivity contribution is 6.31. The van der Waals surface area contributed by atoms with Gasteiger partial charge in [0.1, 0.15) is 6.61 Å². The van der Waals surface area contributed by atoms with Crippen LogP contribution >= 0.6 is 11.6 Å². The first kappa shape index (κ1) is 23.1. The molecule has 0 saturated heterocycles. The Kier molecular flexibility index (Phi) is 7.76. The van der Waals surface area contributed by atoms with Crippen LogP contribution in [0.2, 0.25) is 5.02 Å². The summed E-state index contributed by atoms with van der Waals surface area (Å²) in [6, 6.07) is 9.60. The second-order valence-corrected chi connectivity index (χ2v) is 6.75. The molecule has 1 atom stereocenters. The van der Waals surface area contributed by atoms with Crippen LogP contribution in [0.4, 0.5) is 18.9 Å². The second-order valence-electron chi connectivity index (χ2n) is 6.34. The summed E-state index contributed by atoms with van der Waals surface area (Å²) in [5, 5.41) is 5.58. The van der Waals surface area contributed by atoms with Crippen molar-refractivity contribution in [3.63, 3.8) is 0 Å². The van der Waals surface area contributed by atoms with Gasteiger partial charge in [0.05, 0.1) is 18.2 Å². The Morgan fingerprint density at radius 1 is 1.17 bits per heavy atom. The number of primary amides is 1. The van der Waals surface area contributed by atoms with Crippen LogP contribution in [0.15, 0.2) is 47.6 Å². The number of amides is 1. The zero-order chi connectivity index (χ0) is 22.3. The molecule has 162 valence electrons. The third-order valence-corrected chi connectivity index (χ3v) is 4.51. The number of oxime groups is 1. The number of nitrogens with two attached hydrogens (primary N) is 3. The fraction of sp³-hybridized carbons (Fsp3) is 0.263. The van der Waals surface area contributed by atoms with Crippen molar-refractivity contribution in [1.29, 1.82) is 0 Å². The monoisotopic (exact) mass is 443 g/mol. The van der Waals surface area contributed by atoms with E-state index in [0.717, 1.165) is 0 Å². The Morgan fingerprint density at radius 2 is 1.83 bits per heavy atom. The predicted molar refractivity (Wildman–Crippen MR) is 109 cm³/mol. The third-order valence-electron chi connectivity index (χ3n) is 4.18. The van der Waals surface area contributed by atoms with Crippen LogP contribution in [-0.2, 0) is 15.6 Å². The lowest BCUT2D eigenvalue weighted by Gasteiger charge is -2.21. The standard InChI is InChI=1S/C19H21ClF3N5O2/c20-13-6-7-14(27-10-19(22,23)11-4-2-1-3-5-11)16(21)15(13)12(17(24)29)8-9-30-28-18(25)26/h1-7,12,27H,8-10H2,(H2,24,29)(H4,25,26,28). The summed E-state index contributed by atoms with van der Waals surface area (Å²) in [7, 11) is 0. The molecule has 7 N–H and O–H groups in total. The van der Waals surface area contributed by atoms with Crippen LogP contribution in [-0.4, -0.2) is 25.0 Å². The Balaban J connectivity index is 2.22. The largest absolute Gasteiger partial charge is 0.393 e. The molecule has 2 aromatic rings. The average Bonchev–Trinajstić information content (AvgIpc) is 2.69. The summed E-state index contributed by atoms with van der Waals surface area (Å²) >= 11 is 6.06. The summed E-state index contributed by atoms with van der Waals surface area (Å²) < 4.78 is 43.8. The van der Waals surface area contributed by atoms with Gasteiger partial charge in [0.2, 0.25) is 11.9 Å². The number of rotatable bonds is 10. The van der Waals surface area contributed by atoms with Crippen LogP contribution in [0, 0.1) is 5.82 Å². The molecule has 0 heterocycles. The molecule has 0 aliphatic carbocycles. The molecular weight excluding hydrogens is 423 g/mol. The maximum Gasteiger partial charge on any atom is 0.290 e. The number of halogens is 4. The van der Waals surface area contributed by atoms with E-state index in [2.05, 4.69) is 10.5 Å². The molecule has 0 saturated carbocycles. The molecule has 2 aromatic carbocycles. The molecule has 0 spiro atoms. The van der Waals surface area contributed by atoms with Gasteiger partial charge in [-0.05, 0) is 23.7 Å². The zero-order valence-electron chi connectivity index (χ0n) is 15.7. The van der Waals surface area contributed by atoms with Crippen molar-refractivity contribution in [3.8, 4) is 0 Å². The van der Waals surface area contributed by atoms with Crippen molar-refractivity contribution in [2.75, 3.05) is 18.5 Å². The number of nitrogens with one attached hydrogen (secondary N) is 1. The summed E-state index contributed by atoms with van der Waals surface area (Å²) in [4.78, 5) is 16.7. The first-order chi connectivity index (χ1) is 14.1. The minimum absolute atomic E-state index is 0.0847. The van der Waals surface area contributed by atoms with Gasteiger partial charge >= 0.3 is 0 Å². The zero-order valence-corrected chi connectivity index (χ0v) is 16.5. The van der Waals surface area contributed by atoms with Gasteiger partial charge in [0, 0.05) is 16.1 Å². The van der Waals surface area contributed by atoms with Gasteiger partial charge in [0.25, 0.3) is 5.92 Å². The van der Waals surface area contributed by atoms with Gasteiger partial charge in [-0.15, -0.1) is 0 Å². The van der Waals surface area contributed by atoms with Crippen LogP contribution in [0.25, 0.3) is 0 Å². The SMILES string of the molecule is NC(=O)C(CCON=C(N)N)c1c(Cl)ccc(NCC(F)(F)c2ccccc2)c1F. The first-order valence-electron chi connectivity index (χ1n) is 8.79. The quantitative estimate of drug-likeness (QED) is 0.194. The number of hydrogen-bond acceptors (Lipinski definition) is 4. The molecule has 1 amide bonds. The van der Waals surface area contributed by atoms with Crippen molar-refractivity contribution in [2.45, 2.75) is 18.3 Å². The number of guanidine groups is 1. The van der Waals surface area contributed by atoms with E-state index in [4.69, 9.17) is 33.6 Å². The highest BCUT2D eigenvalue weighted by Gasteiger charge is 2.32. The Labute approximate surface area is 176 Å². The van der Waals surface area contributed by atoms with E-state index in [1.807, 2.05) is 0 Å². The number of alkyl halides is 2. The van der Waals surface area contributed by atoms with Gasteiger partial charge in [-0.25, -0.2) is 4.39 Å². The normalized spacial score (nSPS) is 12.1. The van der Waals surface area contributed by atoms with Crippen LogP contribution in [0.5, 0.6) is 0 Å². The second kappa shape index (κ2) is 10.1. The lowest BCUT2D eigenvalue weighted by atomic mass is 9.94. The smallest absolute Gasteiger partial charge is 0.290 e. The van der Waals surface area contributed by atoms with E-state index in [1.54, 1.807) is 6.07 Å². The maximum absolute atomic E-state index is 15.1. The van der Waals surface area contributed by atoms with Gasteiger partial charge in [0.15, 0.2) is 5.82 Å². The van der Waals surface area contributed by atoms with E-state index in [1.165, 1.54) is 36.4 Å². The molecule has 0 aromatic heterocycles. The van der Waals surface area contributed by atoms with Gasteiger partial charge < -0.3 is 27.4 Å². The van der Waals surface area contributed by atoms with Crippen LogP contribution in [0.3, 0.4) is 0 Å². The van der Waals surface area contributed by atoms with Crippen molar-refractivity contribution in [3.05, 3.63) is 64.4 Å². The summed E-state index contributed by atoms with van der Waals surface area (Å²) in [6.45, 7) is -1.03. The molecule has 0 aliphatic heterocycles. The molecule has 1 unspecified atom stereocenters. The van der Waals surface area contributed by atoms with Gasteiger partial charge in [-0.2, -0.15) is 8.78 Å². The topological polar surface area (TPSA) is 129 Å². The fourth-order valence-corrected chi connectivity index (χ4v) is 3.01. The Morgan fingerprint density at radius 3 is 2.43 bits per heavy atom. The lowest BCUT2D eigenvalue weighted by Crippen LogP contribution is -2.27.